The summed E-state index contributed by atoms with van der Waals surface area (Å²) in [6.45, 7) is 1.68. The molecule has 0 N–H and O–H groups in total. The number of esters is 3. The lowest BCUT2D eigenvalue weighted by Crippen LogP contribution is -2.04. The van der Waals surface area contributed by atoms with Gasteiger partial charge in [0.05, 0.1) is 11.1 Å². The molecule has 5 heteroatoms. The van der Waals surface area contributed by atoms with E-state index in [0.29, 0.717) is 0 Å². The van der Waals surface area contributed by atoms with E-state index in [1.165, 1.54) is 30.4 Å². The average Bonchev–Trinajstić information content (AvgIpc) is 2.55. The van der Waals surface area contributed by atoms with E-state index in [2.05, 4.69) is 4.74 Å². The molecule has 0 saturated heterocycles. The third kappa shape index (κ3) is 2.08. The molecule has 0 fully saturated rings. The van der Waals surface area contributed by atoms with Gasteiger partial charge in [0.1, 0.15) is 5.75 Å². The number of hydrogen-bond donors (Lipinski definition) is 0. The Morgan fingerprint density at radius 2 is 1.94 bits per heavy atom. The molecule has 5 nitrogen and oxygen atoms in total. The van der Waals surface area contributed by atoms with Gasteiger partial charge < -0.3 is 9.47 Å². The molecule has 17 heavy (non-hydrogen) atoms. The summed E-state index contributed by atoms with van der Waals surface area (Å²) < 4.78 is 9.33. The topological polar surface area (TPSA) is 69.7 Å². The van der Waals surface area contributed by atoms with Crippen molar-refractivity contribution >= 4 is 17.9 Å². The van der Waals surface area contributed by atoms with Gasteiger partial charge in [-0.2, -0.15) is 0 Å². The number of fused-ring (bicyclic) bond motifs is 1. The van der Waals surface area contributed by atoms with Crippen LogP contribution in [0, 0.1) is 0 Å². The van der Waals surface area contributed by atoms with Gasteiger partial charge in [-0.15, -0.1) is 0 Å². The van der Waals surface area contributed by atoms with E-state index in [4.69, 9.17) is 4.74 Å². The number of allylic oxidation sites excluding steroid dienone is 1. The SMILES string of the molecule is CC=CC(=O)Oc1ccc2c(c1)C(=O)OC2=O. The maximum Gasteiger partial charge on any atom is 0.347 e. The first-order chi connectivity index (χ1) is 8.11. The fourth-order valence-corrected chi connectivity index (χ4v) is 1.41. The van der Waals surface area contributed by atoms with Crippen LogP contribution in [0.4, 0.5) is 0 Å². The summed E-state index contributed by atoms with van der Waals surface area (Å²) >= 11 is 0. The zero-order valence-corrected chi connectivity index (χ0v) is 8.93. The van der Waals surface area contributed by atoms with Crippen LogP contribution in [-0.2, 0) is 9.53 Å². The minimum Gasteiger partial charge on any atom is -0.423 e. The third-order valence-electron chi connectivity index (χ3n) is 2.14. The first-order valence-electron chi connectivity index (χ1n) is 4.87. The molecule has 0 spiro atoms. The number of cyclic esters (lactones) is 2. The molecule has 0 bridgehead atoms. The minimum absolute atomic E-state index is 0.112. The van der Waals surface area contributed by atoms with Gasteiger partial charge in [-0.25, -0.2) is 14.4 Å². The van der Waals surface area contributed by atoms with Gasteiger partial charge in [0.15, 0.2) is 0 Å². The molecule has 1 aromatic carbocycles. The van der Waals surface area contributed by atoms with E-state index in [-0.39, 0.29) is 16.9 Å². The van der Waals surface area contributed by atoms with Crippen molar-refractivity contribution in [1.29, 1.82) is 0 Å². The molecule has 1 aliphatic rings. The number of carbonyl (C=O) groups is 3. The predicted octanol–water partition coefficient (Wildman–Crippen LogP) is 1.48. The second kappa shape index (κ2) is 4.21. The normalized spacial score (nSPS) is 13.7. The summed E-state index contributed by atoms with van der Waals surface area (Å²) in [6, 6.07) is 4.13. The van der Waals surface area contributed by atoms with Crippen molar-refractivity contribution in [2.24, 2.45) is 0 Å². The molecule has 0 amide bonds. The fourth-order valence-electron chi connectivity index (χ4n) is 1.41. The van der Waals surface area contributed by atoms with Crippen LogP contribution in [0.2, 0.25) is 0 Å². The molecule has 0 aromatic heterocycles. The van der Waals surface area contributed by atoms with Crippen molar-refractivity contribution < 1.29 is 23.9 Å². The average molecular weight is 232 g/mol. The van der Waals surface area contributed by atoms with E-state index < -0.39 is 17.9 Å². The van der Waals surface area contributed by atoms with Crippen molar-refractivity contribution in [1.82, 2.24) is 0 Å². The maximum absolute atomic E-state index is 11.2. The van der Waals surface area contributed by atoms with Crippen LogP contribution in [0.25, 0.3) is 0 Å². The van der Waals surface area contributed by atoms with Crippen LogP contribution in [-0.4, -0.2) is 17.9 Å². The Hall–Kier alpha value is -2.43. The Bertz CT molecular complexity index is 542. The van der Waals surface area contributed by atoms with Gasteiger partial charge in [-0.1, -0.05) is 6.08 Å². The highest BCUT2D eigenvalue weighted by Gasteiger charge is 2.29. The second-order valence-corrected chi connectivity index (χ2v) is 3.31. The van der Waals surface area contributed by atoms with E-state index >= 15 is 0 Å². The largest absolute Gasteiger partial charge is 0.423 e. The summed E-state index contributed by atoms with van der Waals surface area (Å²) in [5.74, 6) is -1.77. The van der Waals surface area contributed by atoms with Crippen LogP contribution in [0.15, 0.2) is 30.4 Å². The van der Waals surface area contributed by atoms with Gasteiger partial charge in [0.25, 0.3) is 0 Å². The Kier molecular flexibility index (Phi) is 2.74. The van der Waals surface area contributed by atoms with Gasteiger partial charge in [0, 0.05) is 6.08 Å². The lowest BCUT2D eigenvalue weighted by Gasteiger charge is -2.01. The van der Waals surface area contributed by atoms with Gasteiger partial charge >= 0.3 is 17.9 Å². The van der Waals surface area contributed by atoms with E-state index in [9.17, 15) is 14.4 Å². The second-order valence-electron chi connectivity index (χ2n) is 3.31. The number of ether oxygens (including phenoxy) is 2. The standard InChI is InChI=1S/C12H8O5/c1-2-3-10(13)16-7-4-5-8-9(6-7)12(15)17-11(8)14/h2-6H,1H3. The monoisotopic (exact) mass is 232 g/mol. The molecular formula is C12H8O5. The zero-order chi connectivity index (χ0) is 12.4. The van der Waals surface area contributed by atoms with Gasteiger partial charge in [-0.05, 0) is 25.1 Å². The molecule has 0 atom stereocenters. The predicted molar refractivity (Wildman–Crippen MR) is 56.6 cm³/mol. The Labute approximate surface area is 96.6 Å². The number of rotatable bonds is 2. The first-order valence-corrected chi connectivity index (χ1v) is 4.87. The van der Waals surface area contributed by atoms with Gasteiger partial charge in [-0.3, -0.25) is 0 Å². The summed E-state index contributed by atoms with van der Waals surface area (Å²) in [7, 11) is 0. The fraction of sp³-hybridized carbons (Fsp3) is 0.0833. The zero-order valence-electron chi connectivity index (χ0n) is 8.93. The lowest BCUT2D eigenvalue weighted by molar-refractivity contribution is -0.129. The van der Waals surface area contributed by atoms with Crippen molar-refractivity contribution in [3.05, 3.63) is 41.5 Å². The molecule has 0 aliphatic carbocycles. The van der Waals surface area contributed by atoms with Crippen LogP contribution in [0.5, 0.6) is 5.75 Å². The molecule has 0 radical (unpaired) electrons. The smallest absolute Gasteiger partial charge is 0.347 e. The van der Waals surface area contributed by atoms with Gasteiger partial charge in [0.2, 0.25) is 0 Å². The number of benzene rings is 1. The van der Waals surface area contributed by atoms with Crippen LogP contribution < -0.4 is 4.74 Å². The lowest BCUT2D eigenvalue weighted by atomic mass is 10.1. The summed E-state index contributed by atoms with van der Waals surface area (Å²) in [6.07, 6.45) is 2.78. The number of hydrogen-bond acceptors (Lipinski definition) is 5. The van der Waals surface area contributed by atoms with Crippen LogP contribution in [0.1, 0.15) is 27.6 Å². The maximum atomic E-state index is 11.2. The van der Waals surface area contributed by atoms with E-state index in [0.717, 1.165) is 0 Å². The number of carbonyl (C=O) groups excluding carboxylic acids is 3. The van der Waals surface area contributed by atoms with Crippen LogP contribution in [0.3, 0.4) is 0 Å². The first kappa shape index (κ1) is 11.1. The molecule has 1 heterocycles. The molecule has 86 valence electrons. The van der Waals surface area contributed by atoms with Crippen molar-refractivity contribution in [2.75, 3.05) is 0 Å². The van der Waals surface area contributed by atoms with Crippen molar-refractivity contribution in [3.8, 4) is 5.75 Å². The van der Waals surface area contributed by atoms with E-state index in [1.54, 1.807) is 6.92 Å². The summed E-state index contributed by atoms with van der Waals surface area (Å²) in [5, 5.41) is 0. The molecule has 0 unspecified atom stereocenters. The molecule has 1 aliphatic heterocycles. The molecular weight excluding hydrogens is 224 g/mol. The van der Waals surface area contributed by atoms with Crippen LogP contribution >= 0.6 is 0 Å². The summed E-state index contributed by atoms with van der Waals surface area (Å²) in [4.78, 5) is 33.6. The highest BCUT2D eigenvalue weighted by Crippen LogP contribution is 2.24. The van der Waals surface area contributed by atoms with Crippen molar-refractivity contribution in [3.63, 3.8) is 0 Å². The highest BCUT2D eigenvalue weighted by atomic mass is 16.6. The quantitative estimate of drug-likeness (QED) is 0.334. The van der Waals surface area contributed by atoms with Crippen molar-refractivity contribution in [2.45, 2.75) is 6.92 Å². The highest BCUT2D eigenvalue weighted by molar-refractivity contribution is 6.14. The molecule has 2 rings (SSSR count). The Morgan fingerprint density at radius 3 is 2.65 bits per heavy atom. The summed E-state index contributed by atoms with van der Waals surface area (Å²) in [5.41, 5.74) is 0.293. The van der Waals surface area contributed by atoms with E-state index in [1.807, 2.05) is 0 Å². The Morgan fingerprint density at radius 1 is 1.24 bits per heavy atom. The Balaban J connectivity index is 2.29. The minimum atomic E-state index is -0.728. The molecule has 0 saturated carbocycles. The molecule has 1 aromatic rings. The third-order valence-corrected chi connectivity index (χ3v) is 2.14.